The van der Waals surface area contributed by atoms with E-state index in [0.29, 0.717) is 35.0 Å². The van der Waals surface area contributed by atoms with Crippen molar-refractivity contribution >= 4 is 11.8 Å². The predicted octanol–water partition coefficient (Wildman–Crippen LogP) is 11.9. The molecule has 14 heteroatoms. The van der Waals surface area contributed by atoms with Crippen LogP contribution >= 0.6 is 0 Å². The topological polar surface area (TPSA) is 182 Å². The van der Waals surface area contributed by atoms with Crippen molar-refractivity contribution in [2.45, 2.75) is 55.9 Å². The third-order valence-corrected chi connectivity index (χ3v) is 8.26. The number of benzene rings is 2. The van der Waals surface area contributed by atoms with Crippen molar-refractivity contribution in [3.05, 3.63) is 163 Å². The highest BCUT2D eigenvalue weighted by Gasteiger charge is 2.14. The Kier molecular flexibility index (Phi) is 15.4. The van der Waals surface area contributed by atoms with E-state index < -0.39 is 0 Å². The number of hydrogen-bond acceptors (Lipinski definition) is 14. The van der Waals surface area contributed by atoms with Crippen molar-refractivity contribution < 1.29 is 30.9 Å². The average molecular weight is 810 g/mol. The molecular weight excluding hydrogens is 763 g/mol. The van der Waals surface area contributed by atoms with Gasteiger partial charge in [-0.2, -0.15) is 0 Å². The van der Waals surface area contributed by atoms with Crippen LogP contribution in [-0.4, -0.2) is 42.7 Å². The summed E-state index contributed by atoms with van der Waals surface area (Å²) in [6, 6.07) is 22.0. The largest absolute Gasteiger partial charge is 0.472 e. The van der Waals surface area contributed by atoms with E-state index in [2.05, 4.69) is 34.9 Å². The molecule has 0 unspecified atom stereocenters. The lowest BCUT2D eigenvalue weighted by atomic mass is 10.1. The van der Waals surface area contributed by atoms with Crippen LogP contribution in [0.1, 0.15) is 54.0 Å². The molecule has 1 aliphatic rings. The summed E-state index contributed by atoms with van der Waals surface area (Å²) in [7, 11) is 0. The van der Waals surface area contributed by atoms with E-state index in [0.717, 1.165) is 69.0 Å². The van der Waals surface area contributed by atoms with Gasteiger partial charge in [-0.25, -0.2) is 29.9 Å². The van der Waals surface area contributed by atoms with Gasteiger partial charge in [0.25, 0.3) is 0 Å². The van der Waals surface area contributed by atoms with Crippen LogP contribution in [0.15, 0.2) is 153 Å². The van der Waals surface area contributed by atoms with Crippen LogP contribution in [0.2, 0.25) is 0 Å². The monoisotopic (exact) mass is 809 g/mol. The van der Waals surface area contributed by atoms with Gasteiger partial charge in [-0.05, 0) is 19.9 Å². The first-order valence-corrected chi connectivity index (χ1v) is 18.5. The number of rotatable bonds is 5. The molecule has 14 nitrogen and oxygen atoms in total. The van der Waals surface area contributed by atoms with E-state index in [-0.39, 0.29) is 7.43 Å². The molecule has 0 fully saturated rings. The average Bonchev–Trinajstić information content (AvgIpc) is 4.09. The second-order valence-electron chi connectivity index (χ2n) is 12.8. The Labute approximate surface area is 347 Å². The van der Waals surface area contributed by atoms with E-state index in [1.165, 1.54) is 12.7 Å². The van der Waals surface area contributed by atoms with Crippen LogP contribution < -0.4 is 0 Å². The zero-order valence-corrected chi connectivity index (χ0v) is 33.7. The molecule has 2 aromatic carbocycles. The van der Waals surface area contributed by atoms with Gasteiger partial charge in [0.05, 0.1) is 24.8 Å². The summed E-state index contributed by atoms with van der Waals surface area (Å²) in [5.74, 6) is 5.18. The fraction of sp³-hybridized carbons (Fsp3) is 0.196. The van der Waals surface area contributed by atoms with Crippen LogP contribution in [0.25, 0.3) is 50.8 Å². The Morgan fingerprint density at radius 2 is 1.10 bits per heavy atom. The molecule has 60 heavy (non-hydrogen) atoms. The number of aryl methyl sites for hydroxylation is 7. The fourth-order valence-corrected chi connectivity index (χ4v) is 5.38. The molecular formula is C46H47N7O7. The third kappa shape index (κ3) is 12.2. The van der Waals surface area contributed by atoms with Gasteiger partial charge in [-0.3, -0.25) is 4.99 Å². The van der Waals surface area contributed by atoms with Gasteiger partial charge in [-0.1, -0.05) is 74.2 Å². The summed E-state index contributed by atoms with van der Waals surface area (Å²) in [6.07, 6.45) is 14.8. The van der Waals surface area contributed by atoms with E-state index >= 15 is 0 Å². The minimum atomic E-state index is 0. The highest BCUT2D eigenvalue weighted by atomic mass is 16.4. The summed E-state index contributed by atoms with van der Waals surface area (Å²) >= 11 is 0. The van der Waals surface area contributed by atoms with Crippen molar-refractivity contribution in [3.8, 4) is 45.2 Å². The molecule has 0 spiro atoms. The van der Waals surface area contributed by atoms with Crippen molar-refractivity contribution in [1.29, 1.82) is 0 Å². The van der Waals surface area contributed by atoms with Crippen LogP contribution in [0, 0.1) is 48.5 Å². The van der Waals surface area contributed by atoms with Crippen molar-refractivity contribution in [1.82, 2.24) is 29.9 Å². The van der Waals surface area contributed by atoms with Gasteiger partial charge in [0.15, 0.2) is 41.6 Å². The molecule has 10 rings (SSSR count). The number of aromatic nitrogens is 6. The standard InChI is InChI=1S/C16H13NO.C8H8N2O.C8H7NO2.C7H6N2O2.C6H9NO.CH4/c1-12-17-15(13-8-4-2-5-9-13)16(18-12)14-10-6-3-7-11-14;1-6-10-8(5-11-6)7-2-3-9-4-7;1-6-9-8(5-11-6)7-2-3-10-4-7;1-5-9-7(3-11-5)6-2-10-4-8-6;1-4-5(2)8-6(3)7-4;/h2-11H,1H3;2,4-5H,3H2,1H3;2-5H,1H3;2-4H,1H3;1-3H3;1H4. The Morgan fingerprint density at radius 1 is 0.500 bits per heavy atom. The summed E-state index contributed by atoms with van der Waals surface area (Å²) < 4.78 is 35.6. The molecule has 0 N–H and O–H groups in total. The second-order valence-corrected chi connectivity index (χ2v) is 12.8. The zero-order chi connectivity index (χ0) is 41.6. The molecule has 308 valence electrons. The molecule has 9 aromatic rings. The fourth-order valence-electron chi connectivity index (χ4n) is 5.38. The van der Waals surface area contributed by atoms with Crippen molar-refractivity contribution in [2.24, 2.45) is 4.99 Å². The summed E-state index contributed by atoms with van der Waals surface area (Å²) in [6.45, 7) is 13.8. The molecule has 0 saturated heterocycles. The number of oxazole rings is 6. The Balaban J connectivity index is 0.000000146. The number of hydrogen-bond donors (Lipinski definition) is 0. The van der Waals surface area contributed by atoms with Crippen molar-refractivity contribution in [2.75, 3.05) is 6.54 Å². The molecule has 0 radical (unpaired) electrons. The van der Waals surface area contributed by atoms with E-state index in [1.54, 1.807) is 38.2 Å². The zero-order valence-electron chi connectivity index (χ0n) is 33.7. The van der Waals surface area contributed by atoms with Crippen LogP contribution in [0.4, 0.5) is 0 Å². The summed E-state index contributed by atoms with van der Waals surface area (Å²) in [4.78, 5) is 28.9. The molecule has 0 aliphatic carbocycles. The first kappa shape index (κ1) is 43.5. The Hall–Kier alpha value is -7.61. The van der Waals surface area contributed by atoms with E-state index in [4.69, 9.17) is 30.9 Å². The summed E-state index contributed by atoms with van der Waals surface area (Å²) in [5, 5.41) is 0. The predicted molar refractivity (Wildman–Crippen MR) is 228 cm³/mol. The lowest BCUT2D eigenvalue weighted by molar-refractivity contribution is 0.493. The maximum Gasteiger partial charge on any atom is 0.192 e. The van der Waals surface area contributed by atoms with Gasteiger partial charge in [0, 0.05) is 63.1 Å². The van der Waals surface area contributed by atoms with Gasteiger partial charge in [0.2, 0.25) is 0 Å². The van der Waals surface area contributed by atoms with Crippen LogP contribution in [0.3, 0.4) is 0 Å². The molecule has 0 atom stereocenters. The minimum absolute atomic E-state index is 0. The molecule has 0 bridgehead atoms. The SMILES string of the molecule is C.Cc1nc(-c2ccccc2)c(-c2ccccc2)o1.Cc1nc(-c2ccoc2)co1.Cc1nc(-c2cocn2)co1.Cc1nc(C)c(C)o1.Cc1nc(C2=CCN=C2)co1. The first-order chi connectivity index (χ1) is 28.6. The van der Waals surface area contributed by atoms with E-state index in [9.17, 15) is 0 Å². The summed E-state index contributed by atoms with van der Waals surface area (Å²) in [5.41, 5.74) is 9.12. The second kappa shape index (κ2) is 21.2. The lowest BCUT2D eigenvalue weighted by Gasteiger charge is -2.00. The van der Waals surface area contributed by atoms with Crippen LogP contribution in [-0.2, 0) is 0 Å². The number of nitrogens with zero attached hydrogens (tertiary/aromatic N) is 7. The van der Waals surface area contributed by atoms with Crippen molar-refractivity contribution in [3.63, 3.8) is 0 Å². The normalized spacial score (nSPS) is 11.1. The van der Waals surface area contributed by atoms with Crippen LogP contribution in [0.5, 0.6) is 0 Å². The molecule has 0 amide bonds. The highest BCUT2D eigenvalue weighted by Crippen LogP contribution is 2.32. The number of allylic oxidation sites excluding steroid dienone is 1. The van der Waals surface area contributed by atoms with Gasteiger partial charge >= 0.3 is 0 Å². The quantitative estimate of drug-likeness (QED) is 0.160. The first-order valence-electron chi connectivity index (χ1n) is 18.5. The smallest absolute Gasteiger partial charge is 0.192 e. The highest BCUT2D eigenvalue weighted by molar-refractivity contribution is 6.10. The maximum absolute atomic E-state index is 5.74. The Bertz CT molecular complexity index is 2520. The number of furan rings is 1. The van der Waals surface area contributed by atoms with Gasteiger partial charge in [-0.15, -0.1) is 0 Å². The minimum Gasteiger partial charge on any atom is -0.472 e. The lowest BCUT2D eigenvalue weighted by Crippen LogP contribution is -1.82. The van der Waals surface area contributed by atoms with E-state index in [1.807, 2.05) is 121 Å². The molecule has 0 saturated carbocycles. The van der Waals surface area contributed by atoms with Gasteiger partial charge < -0.3 is 30.9 Å². The third-order valence-electron chi connectivity index (χ3n) is 8.26. The molecule has 1 aliphatic heterocycles. The van der Waals surface area contributed by atoms with Gasteiger partial charge in [0.1, 0.15) is 59.3 Å². The Morgan fingerprint density at radius 3 is 1.57 bits per heavy atom. The molecule has 7 aromatic heterocycles. The maximum atomic E-state index is 5.74. The molecule has 8 heterocycles. The number of aliphatic imine (C=N–C) groups is 1.